The van der Waals surface area contributed by atoms with Crippen LogP contribution in [0.4, 0.5) is 13.2 Å². The van der Waals surface area contributed by atoms with Crippen molar-refractivity contribution in [2.75, 3.05) is 20.2 Å². The first kappa shape index (κ1) is 17.6. The number of alkyl halides is 3. The zero-order chi connectivity index (χ0) is 17.3. The smallest absolute Gasteiger partial charge is 0.389 e. The lowest BCUT2D eigenvalue weighted by atomic mass is 9.78. The number of para-hydroxylation sites is 1. The number of likely N-dealkylation sites (tertiary alicyclic amines) is 1. The molecule has 1 unspecified atom stereocenters. The predicted molar refractivity (Wildman–Crippen MR) is 81.4 cm³/mol. The second-order valence-corrected chi connectivity index (χ2v) is 6.70. The van der Waals surface area contributed by atoms with Gasteiger partial charge in [0.15, 0.2) is 0 Å². The summed E-state index contributed by atoms with van der Waals surface area (Å²) >= 11 is 0. The van der Waals surface area contributed by atoms with E-state index in [2.05, 4.69) is 0 Å². The highest BCUT2D eigenvalue weighted by Crippen LogP contribution is 2.41. The lowest BCUT2D eigenvalue weighted by Crippen LogP contribution is -2.58. The summed E-state index contributed by atoms with van der Waals surface area (Å²) in [6, 6.07) is 7.47. The minimum Gasteiger partial charge on any atom is -0.496 e. The second-order valence-electron chi connectivity index (χ2n) is 6.70. The summed E-state index contributed by atoms with van der Waals surface area (Å²) in [6.45, 7) is 3.84. The molecule has 0 saturated carbocycles. The maximum atomic E-state index is 12.5. The summed E-state index contributed by atoms with van der Waals surface area (Å²) in [7, 11) is 1.57. The predicted octanol–water partition coefficient (Wildman–Crippen LogP) is 3.99. The Labute approximate surface area is 134 Å². The zero-order valence-corrected chi connectivity index (χ0v) is 13.6. The minimum atomic E-state index is -4.19. The van der Waals surface area contributed by atoms with Crippen molar-refractivity contribution in [1.29, 1.82) is 0 Å². The maximum absolute atomic E-state index is 12.5. The van der Waals surface area contributed by atoms with Crippen LogP contribution in [0.25, 0.3) is 0 Å². The Bertz CT molecular complexity index is 565. The Morgan fingerprint density at radius 1 is 1.35 bits per heavy atom. The topological polar surface area (TPSA) is 29.5 Å². The molecule has 1 amide bonds. The lowest BCUT2D eigenvalue weighted by Gasteiger charge is -2.48. The van der Waals surface area contributed by atoms with Crippen molar-refractivity contribution >= 4 is 5.91 Å². The molecule has 1 heterocycles. The Kier molecular flexibility index (Phi) is 4.92. The number of hydrogen-bond donors (Lipinski definition) is 0. The molecule has 0 spiro atoms. The highest BCUT2D eigenvalue weighted by Gasteiger charge is 2.48. The van der Waals surface area contributed by atoms with Crippen LogP contribution in [-0.2, 0) is 4.79 Å². The normalized spacial score (nSPS) is 18.3. The van der Waals surface area contributed by atoms with E-state index in [-0.39, 0.29) is 31.3 Å². The highest BCUT2D eigenvalue weighted by atomic mass is 19.4. The highest BCUT2D eigenvalue weighted by molar-refractivity contribution is 5.78. The van der Waals surface area contributed by atoms with Crippen molar-refractivity contribution in [3.63, 3.8) is 0 Å². The summed E-state index contributed by atoms with van der Waals surface area (Å²) in [5, 5.41) is 0. The summed E-state index contributed by atoms with van der Waals surface area (Å²) in [5.74, 6) is 0.564. The Hall–Kier alpha value is -1.72. The van der Waals surface area contributed by atoms with Gasteiger partial charge in [0.2, 0.25) is 5.91 Å². The van der Waals surface area contributed by atoms with Crippen molar-refractivity contribution in [2.24, 2.45) is 5.41 Å². The fourth-order valence-corrected chi connectivity index (χ4v) is 3.22. The lowest BCUT2D eigenvalue weighted by molar-refractivity contribution is -0.182. The summed E-state index contributed by atoms with van der Waals surface area (Å²) in [5.41, 5.74) is 0.0867. The largest absolute Gasteiger partial charge is 0.496 e. The third-order valence-corrected chi connectivity index (χ3v) is 4.28. The molecule has 1 fully saturated rings. The summed E-state index contributed by atoms with van der Waals surface area (Å²) in [6.07, 6.45) is -4.76. The number of hydrogen-bond acceptors (Lipinski definition) is 2. The number of ether oxygens (including phenoxy) is 1. The van der Waals surface area contributed by atoms with E-state index >= 15 is 0 Å². The van der Waals surface area contributed by atoms with Gasteiger partial charge in [0.05, 0.1) is 13.5 Å². The quantitative estimate of drug-likeness (QED) is 0.817. The standard InChI is InChI=1S/C17H22F3NO2/c1-12(13-6-4-5-7-14(13)23-3)8-15(22)21-10-16(2,11-21)9-17(18,19)20/h4-7,12H,8-11H2,1-3H3. The van der Waals surface area contributed by atoms with Crippen molar-refractivity contribution in [1.82, 2.24) is 4.90 Å². The first-order valence-corrected chi connectivity index (χ1v) is 7.61. The van der Waals surface area contributed by atoms with Gasteiger partial charge < -0.3 is 9.64 Å². The van der Waals surface area contributed by atoms with E-state index in [1.165, 1.54) is 4.90 Å². The van der Waals surface area contributed by atoms with Gasteiger partial charge in [-0.3, -0.25) is 4.79 Å². The molecule has 3 nitrogen and oxygen atoms in total. The molecule has 128 valence electrons. The van der Waals surface area contributed by atoms with E-state index in [0.717, 1.165) is 11.3 Å². The number of halogens is 3. The molecular weight excluding hydrogens is 307 g/mol. The van der Waals surface area contributed by atoms with E-state index < -0.39 is 18.0 Å². The molecule has 6 heteroatoms. The Balaban J connectivity index is 1.91. The van der Waals surface area contributed by atoms with Gasteiger partial charge in [0.1, 0.15) is 5.75 Å². The van der Waals surface area contributed by atoms with Crippen LogP contribution in [0.2, 0.25) is 0 Å². The van der Waals surface area contributed by atoms with Gasteiger partial charge in [0, 0.05) is 24.9 Å². The fraction of sp³-hybridized carbons (Fsp3) is 0.588. The van der Waals surface area contributed by atoms with E-state index in [1.54, 1.807) is 14.0 Å². The van der Waals surface area contributed by atoms with Crippen LogP contribution in [0, 0.1) is 5.41 Å². The number of nitrogens with zero attached hydrogens (tertiary/aromatic N) is 1. The average molecular weight is 329 g/mol. The van der Waals surface area contributed by atoms with Crippen LogP contribution in [-0.4, -0.2) is 37.2 Å². The molecule has 0 bridgehead atoms. The first-order chi connectivity index (χ1) is 10.6. The van der Waals surface area contributed by atoms with E-state index in [1.807, 2.05) is 31.2 Å². The van der Waals surface area contributed by atoms with Crippen LogP contribution in [0.1, 0.15) is 38.2 Å². The Morgan fingerprint density at radius 2 is 1.96 bits per heavy atom. The number of benzene rings is 1. The zero-order valence-electron chi connectivity index (χ0n) is 13.6. The van der Waals surface area contributed by atoms with Crippen molar-refractivity contribution in [3.05, 3.63) is 29.8 Å². The van der Waals surface area contributed by atoms with Crippen LogP contribution >= 0.6 is 0 Å². The number of methoxy groups -OCH3 is 1. The second kappa shape index (κ2) is 6.42. The maximum Gasteiger partial charge on any atom is 0.389 e. The van der Waals surface area contributed by atoms with Gasteiger partial charge >= 0.3 is 6.18 Å². The number of carbonyl (C=O) groups excluding carboxylic acids is 1. The van der Waals surface area contributed by atoms with Crippen LogP contribution < -0.4 is 4.74 Å². The molecule has 1 atom stereocenters. The summed E-state index contributed by atoms with van der Waals surface area (Å²) < 4.78 is 42.8. The average Bonchev–Trinajstić information content (AvgIpc) is 2.42. The van der Waals surface area contributed by atoms with Crippen LogP contribution in [0.15, 0.2) is 24.3 Å². The number of amides is 1. The van der Waals surface area contributed by atoms with Gasteiger partial charge in [-0.25, -0.2) is 0 Å². The molecule has 0 radical (unpaired) electrons. The molecule has 1 aliphatic rings. The van der Waals surface area contributed by atoms with Gasteiger partial charge in [0.25, 0.3) is 0 Å². The van der Waals surface area contributed by atoms with Crippen LogP contribution in [0.3, 0.4) is 0 Å². The Morgan fingerprint density at radius 3 is 2.52 bits per heavy atom. The molecule has 1 aliphatic heterocycles. The van der Waals surface area contributed by atoms with Gasteiger partial charge in [-0.05, 0) is 17.5 Å². The van der Waals surface area contributed by atoms with Gasteiger partial charge in [-0.1, -0.05) is 32.0 Å². The van der Waals surface area contributed by atoms with Crippen molar-refractivity contribution in [3.8, 4) is 5.75 Å². The molecule has 0 aliphatic carbocycles. The molecule has 0 aromatic heterocycles. The van der Waals surface area contributed by atoms with Crippen molar-refractivity contribution in [2.45, 2.75) is 38.8 Å². The van der Waals surface area contributed by atoms with E-state index in [4.69, 9.17) is 4.74 Å². The van der Waals surface area contributed by atoms with Gasteiger partial charge in [-0.2, -0.15) is 13.2 Å². The molecule has 1 aromatic carbocycles. The third-order valence-electron chi connectivity index (χ3n) is 4.28. The SMILES string of the molecule is COc1ccccc1C(C)CC(=O)N1CC(C)(CC(F)(F)F)C1. The first-order valence-electron chi connectivity index (χ1n) is 7.61. The minimum absolute atomic E-state index is 0.0480. The molecule has 1 saturated heterocycles. The molecule has 1 aromatic rings. The monoisotopic (exact) mass is 329 g/mol. The molecular formula is C17H22F3NO2. The summed E-state index contributed by atoms with van der Waals surface area (Å²) in [4.78, 5) is 13.8. The molecule has 0 N–H and O–H groups in total. The van der Waals surface area contributed by atoms with Gasteiger partial charge in [-0.15, -0.1) is 0 Å². The number of carbonyl (C=O) groups is 1. The van der Waals surface area contributed by atoms with E-state index in [0.29, 0.717) is 0 Å². The van der Waals surface area contributed by atoms with Crippen molar-refractivity contribution < 1.29 is 22.7 Å². The number of rotatable bonds is 5. The van der Waals surface area contributed by atoms with Crippen LogP contribution in [0.5, 0.6) is 5.75 Å². The third kappa shape index (κ3) is 4.39. The van der Waals surface area contributed by atoms with E-state index in [9.17, 15) is 18.0 Å². The molecule has 2 rings (SSSR count). The fourth-order valence-electron chi connectivity index (χ4n) is 3.22. The molecule has 23 heavy (non-hydrogen) atoms.